The van der Waals surface area contributed by atoms with Gasteiger partial charge in [-0.05, 0) is 24.3 Å². The van der Waals surface area contributed by atoms with Crippen molar-refractivity contribution in [3.05, 3.63) is 37.0 Å². The summed E-state index contributed by atoms with van der Waals surface area (Å²) in [7, 11) is 1.60. The van der Waals surface area contributed by atoms with Gasteiger partial charge in [0.2, 0.25) is 5.91 Å². The topological polar surface area (TPSA) is 29.5 Å². The van der Waals surface area contributed by atoms with E-state index in [4.69, 9.17) is 4.74 Å². The molecule has 0 bridgehead atoms. The molecule has 3 heteroatoms. The molecule has 0 N–H and O–H groups in total. The molecule has 0 aliphatic rings. The van der Waals surface area contributed by atoms with Crippen LogP contribution in [0.5, 0.6) is 5.75 Å². The second-order valence-corrected chi connectivity index (χ2v) is 2.77. The lowest BCUT2D eigenvalue weighted by Gasteiger charge is -2.15. The van der Waals surface area contributed by atoms with Crippen LogP contribution in [0.4, 0.5) is 5.69 Å². The molecule has 14 heavy (non-hydrogen) atoms. The first-order valence-corrected chi connectivity index (χ1v) is 4.25. The molecule has 1 aromatic carbocycles. The van der Waals surface area contributed by atoms with Gasteiger partial charge in [0.15, 0.2) is 0 Å². The molecule has 0 fully saturated rings. The van der Waals surface area contributed by atoms with Crippen LogP contribution in [-0.4, -0.2) is 13.0 Å². The van der Waals surface area contributed by atoms with Crippen LogP contribution >= 0.6 is 0 Å². The molecule has 1 amide bonds. The highest BCUT2D eigenvalue weighted by molar-refractivity contribution is 5.93. The van der Waals surface area contributed by atoms with E-state index in [9.17, 15) is 4.79 Å². The van der Waals surface area contributed by atoms with E-state index in [0.717, 1.165) is 11.4 Å². The Morgan fingerprint density at radius 1 is 1.43 bits per heavy atom. The van der Waals surface area contributed by atoms with E-state index in [1.807, 2.05) is 12.1 Å². The lowest BCUT2D eigenvalue weighted by atomic mass is 10.3. The van der Waals surface area contributed by atoms with Crippen molar-refractivity contribution in [1.82, 2.24) is 0 Å². The van der Waals surface area contributed by atoms with Crippen LogP contribution in [-0.2, 0) is 4.79 Å². The van der Waals surface area contributed by atoms with Gasteiger partial charge in [0.25, 0.3) is 0 Å². The second-order valence-electron chi connectivity index (χ2n) is 2.77. The van der Waals surface area contributed by atoms with Gasteiger partial charge in [-0.2, -0.15) is 0 Å². The number of amides is 1. The highest BCUT2D eigenvalue weighted by Gasteiger charge is 2.06. The molecule has 0 unspecified atom stereocenters. The van der Waals surface area contributed by atoms with Crippen molar-refractivity contribution in [2.45, 2.75) is 6.92 Å². The van der Waals surface area contributed by atoms with Gasteiger partial charge >= 0.3 is 0 Å². The van der Waals surface area contributed by atoms with E-state index in [0.29, 0.717) is 0 Å². The molecule has 0 aromatic heterocycles. The number of nitrogens with zero attached hydrogens (tertiary/aromatic N) is 1. The van der Waals surface area contributed by atoms with E-state index >= 15 is 0 Å². The third-order valence-electron chi connectivity index (χ3n) is 1.87. The van der Waals surface area contributed by atoms with E-state index in [1.165, 1.54) is 18.0 Å². The van der Waals surface area contributed by atoms with Crippen LogP contribution in [0.25, 0.3) is 0 Å². The van der Waals surface area contributed by atoms with Crippen LogP contribution in [0, 0.1) is 0 Å². The van der Waals surface area contributed by atoms with Gasteiger partial charge in [0.05, 0.1) is 7.11 Å². The maximum absolute atomic E-state index is 11.2. The zero-order valence-corrected chi connectivity index (χ0v) is 8.36. The minimum Gasteiger partial charge on any atom is -0.497 e. The molecule has 0 aliphatic heterocycles. The maximum atomic E-state index is 11.2. The van der Waals surface area contributed by atoms with E-state index < -0.39 is 0 Å². The monoisotopic (exact) mass is 191 g/mol. The Labute approximate surface area is 83.6 Å². The summed E-state index contributed by atoms with van der Waals surface area (Å²) < 4.78 is 5.01. The van der Waals surface area contributed by atoms with Crippen LogP contribution in [0.2, 0.25) is 0 Å². The highest BCUT2D eigenvalue weighted by atomic mass is 16.5. The summed E-state index contributed by atoms with van der Waals surface area (Å²) in [6.45, 7) is 5.07. The molecule has 3 nitrogen and oxygen atoms in total. The SMILES string of the molecule is C=CN(C(C)=O)c1ccc(OC)cc1. The molecular weight excluding hydrogens is 178 g/mol. The van der Waals surface area contributed by atoms with Gasteiger partial charge in [-0.3, -0.25) is 9.69 Å². The number of anilines is 1. The molecule has 0 atom stereocenters. The van der Waals surface area contributed by atoms with Gasteiger partial charge in [-0.1, -0.05) is 6.58 Å². The minimum absolute atomic E-state index is 0.0647. The molecule has 1 aromatic rings. The zero-order chi connectivity index (χ0) is 10.6. The highest BCUT2D eigenvalue weighted by Crippen LogP contribution is 2.19. The normalized spacial score (nSPS) is 9.29. The van der Waals surface area contributed by atoms with Crippen molar-refractivity contribution in [1.29, 1.82) is 0 Å². The smallest absolute Gasteiger partial charge is 0.227 e. The van der Waals surface area contributed by atoms with Gasteiger partial charge in [-0.15, -0.1) is 0 Å². The van der Waals surface area contributed by atoms with Crippen molar-refractivity contribution in [3.63, 3.8) is 0 Å². The molecular formula is C11H13NO2. The Hall–Kier alpha value is -1.77. The van der Waals surface area contributed by atoms with Crippen LogP contribution in [0.1, 0.15) is 6.92 Å². The molecule has 0 aliphatic carbocycles. The Morgan fingerprint density at radius 2 is 2.00 bits per heavy atom. The lowest BCUT2D eigenvalue weighted by Crippen LogP contribution is -2.21. The largest absolute Gasteiger partial charge is 0.497 e. The first kappa shape index (κ1) is 10.3. The zero-order valence-electron chi connectivity index (χ0n) is 8.36. The Kier molecular flexibility index (Phi) is 3.29. The number of ether oxygens (including phenoxy) is 1. The third-order valence-corrected chi connectivity index (χ3v) is 1.87. The lowest BCUT2D eigenvalue weighted by molar-refractivity contribution is -0.115. The van der Waals surface area contributed by atoms with Gasteiger partial charge in [-0.25, -0.2) is 0 Å². The van der Waals surface area contributed by atoms with Crippen molar-refractivity contribution in [2.75, 3.05) is 12.0 Å². The third kappa shape index (κ3) is 2.13. The average Bonchev–Trinajstić information content (AvgIpc) is 2.19. The first-order chi connectivity index (χ1) is 6.69. The van der Waals surface area contributed by atoms with E-state index in [-0.39, 0.29) is 5.91 Å². The summed E-state index contributed by atoms with van der Waals surface area (Å²) in [5.41, 5.74) is 0.785. The predicted octanol–water partition coefficient (Wildman–Crippen LogP) is 2.19. The Balaban J connectivity index is 2.94. The molecule has 0 saturated heterocycles. The maximum Gasteiger partial charge on any atom is 0.227 e. The first-order valence-electron chi connectivity index (χ1n) is 4.25. The van der Waals surface area contributed by atoms with Crippen LogP contribution < -0.4 is 9.64 Å². The summed E-state index contributed by atoms with van der Waals surface area (Å²) in [4.78, 5) is 12.6. The number of hydrogen-bond donors (Lipinski definition) is 0. The van der Waals surface area contributed by atoms with E-state index in [1.54, 1.807) is 19.2 Å². The summed E-state index contributed by atoms with van der Waals surface area (Å²) in [5.74, 6) is 0.700. The predicted molar refractivity (Wildman–Crippen MR) is 56.4 cm³/mol. The van der Waals surface area contributed by atoms with Crippen molar-refractivity contribution in [2.24, 2.45) is 0 Å². The molecule has 0 spiro atoms. The fourth-order valence-corrected chi connectivity index (χ4v) is 1.16. The molecule has 1 rings (SSSR count). The second kappa shape index (κ2) is 4.46. The van der Waals surface area contributed by atoms with Gasteiger partial charge in [0, 0.05) is 18.8 Å². The van der Waals surface area contributed by atoms with Crippen molar-refractivity contribution in [3.8, 4) is 5.75 Å². The number of rotatable bonds is 3. The Bertz CT molecular complexity index is 330. The molecule has 74 valence electrons. The van der Waals surface area contributed by atoms with E-state index in [2.05, 4.69) is 6.58 Å². The quantitative estimate of drug-likeness (QED) is 0.733. The van der Waals surface area contributed by atoms with Crippen LogP contribution in [0.3, 0.4) is 0 Å². The number of benzene rings is 1. The van der Waals surface area contributed by atoms with Crippen LogP contribution in [0.15, 0.2) is 37.0 Å². The summed E-state index contributed by atoms with van der Waals surface area (Å²) >= 11 is 0. The molecule has 0 heterocycles. The van der Waals surface area contributed by atoms with Gasteiger partial charge in [0.1, 0.15) is 5.75 Å². The molecule has 0 saturated carbocycles. The number of hydrogen-bond acceptors (Lipinski definition) is 2. The van der Waals surface area contributed by atoms with Gasteiger partial charge < -0.3 is 4.74 Å². The number of methoxy groups -OCH3 is 1. The minimum atomic E-state index is -0.0647. The summed E-state index contributed by atoms with van der Waals surface area (Å²) in [6, 6.07) is 7.22. The standard InChI is InChI=1S/C11H13NO2/c1-4-12(9(2)13)10-5-7-11(14-3)8-6-10/h4-8H,1H2,2-3H3. The summed E-state index contributed by atoms with van der Waals surface area (Å²) in [6.07, 6.45) is 1.49. The number of carbonyl (C=O) groups excluding carboxylic acids is 1. The Morgan fingerprint density at radius 3 is 2.36 bits per heavy atom. The molecule has 0 radical (unpaired) electrons. The average molecular weight is 191 g/mol. The van der Waals surface area contributed by atoms with Crippen molar-refractivity contribution < 1.29 is 9.53 Å². The fourth-order valence-electron chi connectivity index (χ4n) is 1.16. The number of carbonyl (C=O) groups is 1. The summed E-state index contributed by atoms with van der Waals surface area (Å²) in [5, 5.41) is 0. The fraction of sp³-hybridized carbons (Fsp3) is 0.182. The van der Waals surface area contributed by atoms with Crippen molar-refractivity contribution >= 4 is 11.6 Å².